The third-order valence-corrected chi connectivity index (χ3v) is 3.20. The fourth-order valence-electron chi connectivity index (χ4n) is 2.50. The van der Waals surface area contributed by atoms with E-state index in [9.17, 15) is 5.11 Å². The summed E-state index contributed by atoms with van der Waals surface area (Å²) < 4.78 is 5.36. The molecule has 2 atom stereocenters. The molecule has 0 saturated heterocycles. The van der Waals surface area contributed by atoms with Gasteiger partial charge in [0, 0.05) is 6.04 Å². The lowest BCUT2D eigenvalue weighted by atomic mass is 9.95. The standard InChI is InChI=1S/C14H24N2O2/c1-9-6-11(7-10(2)14(9)18-5)13(16(3)4)12(15)8-17/h6-7,12-13,17H,8,15H2,1-5H3. The van der Waals surface area contributed by atoms with E-state index in [0.717, 1.165) is 22.4 Å². The number of nitrogens with zero attached hydrogens (tertiary/aromatic N) is 1. The van der Waals surface area contributed by atoms with Crippen molar-refractivity contribution >= 4 is 0 Å². The Morgan fingerprint density at radius 1 is 1.28 bits per heavy atom. The van der Waals surface area contributed by atoms with E-state index in [4.69, 9.17) is 10.5 Å². The summed E-state index contributed by atoms with van der Waals surface area (Å²) in [4.78, 5) is 2.03. The minimum absolute atomic E-state index is 0.00157. The summed E-state index contributed by atoms with van der Waals surface area (Å²) in [5, 5.41) is 9.28. The average Bonchev–Trinajstić information content (AvgIpc) is 2.28. The van der Waals surface area contributed by atoms with Gasteiger partial charge in [-0.1, -0.05) is 12.1 Å². The van der Waals surface area contributed by atoms with Gasteiger partial charge in [-0.15, -0.1) is 0 Å². The van der Waals surface area contributed by atoms with Crippen molar-refractivity contribution in [3.05, 3.63) is 28.8 Å². The lowest BCUT2D eigenvalue weighted by molar-refractivity contribution is 0.181. The summed E-state index contributed by atoms with van der Waals surface area (Å²) in [6, 6.07) is 3.85. The molecule has 2 unspecified atom stereocenters. The van der Waals surface area contributed by atoms with Gasteiger partial charge in [0.1, 0.15) is 5.75 Å². The largest absolute Gasteiger partial charge is 0.496 e. The molecule has 4 heteroatoms. The minimum atomic E-state index is -0.299. The molecule has 0 spiro atoms. The van der Waals surface area contributed by atoms with E-state index in [-0.39, 0.29) is 18.7 Å². The topological polar surface area (TPSA) is 58.7 Å². The van der Waals surface area contributed by atoms with Gasteiger partial charge in [-0.05, 0) is 44.6 Å². The quantitative estimate of drug-likeness (QED) is 0.827. The SMILES string of the molecule is COc1c(C)cc(C(C(N)CO)N(C)C)cc1C. The Morgan fingerprint density at radius 2 is 1.78 bits per heavy atom. The Bertz CT molecular complexity index is 382. The zero-order valence-electron chi connectivity index (χ0n) is 11.9. The maximum Gasteiger partial charge on any atom is 0.124 e. The molecule has 0 bridgehead atoms. The zero-order valence-corrected chi connectivity index (χ0v) is 11.9. The number of benzene rings is 1. The number of rotatable bonds is 5. The maximum atomic E-state index is 9.28. The summed E-state index contributed by atoms with van der Waals surface area (Å²) in [5.74, 6) is 0.911. The van der Waals surface area contributed by atoms with Gasteiger partial charge in [0.2, 0.25) is 0 Å². The smallest absolute Gasteiger partial charge is 0.124 e. The molecule has 1 aromatic rings. The van der Waals surface area contributed by atoms with Crippen LogP contribution < -0.4 is 10.5 Å². The molecule has 1 rings (SSSR count). The number of hydrogen-bond acceptors (Lipinski definition) is 4. The van der Waals surface area contributed by atoms with Gasteiger partial charge in [0.25, 0.3) is 0 Å². The monoisotopic (exact) mass is 252 g/mol. The van der Waals surface area contributed by atoms with Crippen molar-refractivity contribution in [3.8, 4) is 5.75 Å². The fraction of sp³-hybridized carbons (Fsp3) is 0.571. The first-order valence-corrected chi connectivity index (χ1v) is 6.10. The Kier molecular flexibility index (Phi) is 5.14. The Balaban J connectivity index is 3.22. The van der Waals surface area contributed by atoms with Crippen LogP contribution in [0.3, 0.4) is 0 Å². The normalized spacial score (nSPS) is 14.7. The van der Waals surface area contributed by atoms with Crippen molar-refractivity contribution in [3.63, 3.8) is 0 Å². The number of nitrogens with two attached hydrogens (primary N) is 1. The maximum absolute atomic E-state index is 9.28. The van der Waals surface area contributed by atoms with Gasteiger partial charge in [0.15, 0.2) is 0 Å². The lowest BCUT2D eigenvalue weighted by Crippen LogP contribution is -2.39. The Labute approximate surface area is 109 Å². The van der Waals surface area contributed by atoms with Crippen LogP contribution in [0.25, 0.3) is 0 Å². The molecule has 0 aliphatic carbocycles. The highest BCUT2D eigenvalue weighted by Crippen LogP contribution is 2.29. The van der Waals surface area contributed by atoms with Crippen LogP contribution in [-0.2, 0) is 0 Å². The van der Waals surface area contributed by atoms with E-state index < -0.39 is 0 Å². The third-order valence-electron chi connectivity index (χ3n) is 3.20. The second-order valence-electron chi connectivity index (χ2n) is 4.94. The van der Waals surface area contributed by atoms with E-state index in [1.165, 1.54) is 0 Å². The van der Waals surface area contributed by atoms with Crippen molar-refractivity contribution in [1.29, 1.82) is 0 Å². The number of aryl methyl sites for hydroxylation is 2. The van der Waals surface area contributed by atoms with Gasteiger partial charge in [-0.3, -0.25) is 0 Å². The van der Waals surface area contributed by atoms with Gasteiger partial charge in [0.05, 0.1) is 19.8 Å². The average molecular weight is 252 g/mol. The van der Waals surface area contributed by atoms with Gasteiger partial charge < -0.3 is 20.5 Å². The molecule has 4 nitrogen and oxygen atoms in total. The lowest BCUT2D eigenvalue weighted by Gasteiger charge is -2.30. The molecule has 0 fully saturated rings. The third kappa shape index (κ3) is 3.02. The molecule has 0 aliphatic heterocycles. The van der Waals surface area contributed by atoms with Crippen molar-refractivity contribution in [2.45, 2.75) is 25.9 Å². The predicted octanol–water partition coefficient (Wildman–Crippen LogP) is 1.23. The summed E-state index contributed by atoms with van der Waals surface area (Å²) in [5.41, 5.74) is 9.28. The van der Waals surface area contributed by atoms with Gasteiger partial charge in [-0.2, -0.15) is 0 Å². The summed E-state index contributed by atoms with van der Waals surface area (Å²) in [7, 11) is 5.61. The van der Waals surface area contributed by atoms with Crippen LogP contribution in [0.2, 0.25) is 0 Å². The summed E-state index contributed by atoms with van der Waals surface area (Å²) in [6.07, 6.45) is 0. The highest BCUT2D eigenvalue weighted by molar-refractivity contribution is 5.44. The molecule has 3 N–H and O–H groups in total. The van der Waals surface area contributed by atoms with Crippen LogP contribution in [-0.4, -0.2) is 43.9 Å². The zero-order chi connectivity index (χ0) is 13.9. The molecular formula is C14H24N2O2. The molecule has 102 valence electrons. The van der Waals surface area contributed by atoms with Crippen LogP contribution in [0.5, 0.6) is 5.75 Å². The molecule has 1 aromatic carbocycles. The van der Waals surface area contributed by atoms with E-state index in [0.29, 0.717) is 0 Å². The predicted molar refractivity (Wildman–Crippen MR) is 74.0 cm³/mol. The first-order valence-electron chi connectivity index (χ1n) is 6.10. The molecule has 18 heavy (non-hydrogen) atoms. The van der Waals surface area contributed by atoms with Crippen molar-refractivity contribution in [1.82, 2.24) is 4.90 Å². The van der Waals surface area contributed by atoms with E-state index in [1.807, 2.05) is 32.8 Å². The van der Waals surface area contributed by atoms with Crippen molar-refractivity contribution < 1.29 is 9.84 Å². The molecule has 0 aromatic heterocycles. The van der Waals surface area contributed by atoms with Gasteiger partial charge >= 0.3 is 0 Å². The Hall–Kier alpha value is -1.10. The van der Waals surface area contributed by atoms with Gasteiger partial charge in [-0.25, -0.2) is 0 Å². The minimum Gasteiger partial charge on any atom is -0.496 e. The number of methoxy groups -OCH3 is 1. The molecule has 0 heterocycles. The number of aliphatic hydroxyl groups is 1. The highest BCUT2D eigenvalue weighted by atomic mass is 16.5. The van der Waals surface area contributed by atoms with Crippen molar-refractivity contribution in [2.75, 3.05) is 27.8 Å². The molecule has 0 amide bonds. The van der Waals surface area contributed by atoms with Crippen LogP contribution >= 0.6 is 0 Å². The van der Waals surface area contributed by atoms with E-state index in [1.54, 1.807) is 7.11 Å². The first kappa shape index (κ1) is 15.0. The first-order chi connectivity index (χ1) is 8.42. The number of ether oxygens (including phenoxy) is 1. The van der Waals surface area contributed by atoms with E-state index in [2.05, 4.69) is 12.1 Å². The Morgan fingerprint density at radius 3 is 2.11 bits per heavy atom. The van der Waals surface area contributed by atoms with Crippen LogP contribution in [0, 0.1) is 13.8 Å². The molecular weight excluding hydrogens is 228 g/mol. The molecule has 0 saturated carbocycles. The van der Waals surface area contributed by atoms with Crippen LogP contribution in [0.1, 0.15) is 22.7 Å². The summed E-state index contributed by atoms with van der Waals surface area (Å²) >= 11 is 0. The van der Waals surface area contributed by atoms with Crippen LogP contribution in [0.4, 0.5) is 0 Å². The second-order valence-corrected chi connectivity index (χ2v) is 4.94. The molecule has 0 radical (unpaired) electrons. The fourth-order valence-corrected chi connectivity index (χ4v) is 2.50. The van der Waals surface area contributed by atoms with Crippen LogP contribution in [0.15, 0.2) is 12.1 Å². The number of hydrogen-bond donors (Lipinski definition) is 2. The number of aliphatic hydroxyl groups excluding tert-OH is 1. The van der Waals surface area contributed by atoms with E-state index >= 15 is 0 Å². The van der Waals surface area contributed by atoms with Crippen molar-refractivity contribution in [2.24, 2.45) is 5.73 Å². The number of likely N-dealkylation sites (N-methyl/N-ethyl adjacent to an activating group) is 1. The highest BCUT2D eigenvalue weighted by Gasteiger charge is 2.22. The second kappa shape index (κ2) is 6.18. The molecule has 0 aliphatic rings. The summed E-state index contributed by atoms with van der Waals surface area (Å²) in [6.45, 7) is 4.01.